The number of anilines is 1. The van der Waals surface area contributed by atoms with Crippen molar-refractivity contribution in [3.8, 4) is 0 Å². The zero-order valence-corrected chi connectivity index (χ0v) is 17.7. The minimum absolute atomic E-state index is 0.0836. The van der Waals surface area contributed by atoms with Crippen LogP contribution >= 0.6 is 0 Å². The van der Waals surface area contributed by atoms with Crippen molar-refractivity contribution in [2.24, 2.45) is 11.8 Å². The van der Waals surface area contributed by atoms with Crippen molar-refractivity contribution >= 4 is 23.6 Å². The lowest BCUT2D eigenvalue weighted by Crippen LogP contribution is -2.49. The van der Waals surface area contributed by atoms with Crippen LogP contribution in [-0.2, 0) is 16.1 Å². The lowest BCUT2D eigenvalue weighted by molar-refractivity contribution is -0.136. The molecule has 1 aromatic heterocycles. The predicted molar refractivity (Wildman–Crippen MR) is 118 cm³/mol. The molecule has 2 amide bonds. The Bertz CT molecular complexity index is 1080. The van der Waals surface area contributed by atoms with E-state index in [1.165, 1.54) is 0 Å². The largest absolute Gasteiger partial charge is 0.396 e. The standard InChI is InChI=1S/C24H27N3O4/c1-3-8-15-11-12-18-22-21(23(30)25-16-9-6-5-7-10-16)17(14-28)19(13-26(18)24(15)31)27(22)20(29)4-2/h3,5-12,17,19,21-22,28H,4,13-14H2,1-2H3,(H,25,30)/b8-3+/t17-,19-,21+,22+/m1/s1. The van der Waals surface area contributed by atoms with Crippen LogP contribution in [0.15, 0.2) is 53.3 Å². The van der Waals surface area contributed by atoms with Crippen LogP contribution in [-0.4, -0.2) is 39.0 Å². The molecule has 2 N–H and O–H groups in total. The Kier molecular flexibility index (Phi) is 5.78. The van der Waals surface area contributed by atoms with Gasteiger partial charge in [-0.3, -0.25) is 14.4 Å². The Morgan fingerprint density at radius 2 is 1.94 bits per heavy atom. The lowest BCUT2D eigenvalue weighted by atomic mass is 9.86. The number of nitrogens with zero attached hydrogens (tertiary/aromatic N) is 2. The Morgan fingerprint density at radius 3 is 2.58 bits per heavy atom. The van der Waals surface area contributed by atoms with Gasteiger partial charge in [-0.2, -0.15) is 0 Å². The number of carbonyl (C=O) groups excluding carboxylic acids is 2. The van der Waals surface area contributed by atoms with Crippen molar-refractivity contribution in [1.82, 2.24) is 9.47 Å². The van der Waals surface area contributed by atoms with Crippen LogP contribution in [0.4, 0.5) is 5.69 Å². The zero-order valence-electron chi connectivity index (χ0n) is 17.7. The van der Waals surface area contributed by atoms with Gasteiger partial charge in [0.05, 0.1) is 18.0 Å². The second kappa shape index (κ2) is 8.51. The Hall–Kier alpha value is -3.19. The van der Waals surface area contributed by atoms with E-state index in [4.69, 9.17) is 0 Å². The topological polar surface area (TPSA) is 91.6 Å². The molecule has 2 aliphatic rings. The highest BCUT2D eigenvalue weighted by Crippen LogP contribution is 2.48. The highest BCUT2D eigenvalue weighted by atomic mass is 16.3. The average molecular weight is 421 g/mol. The van der Waals surface area contributed by atoms with Gasteiger partial charge in [-0.05, 0) is 31.2 Å². The number of pyridine rings is 1. The molecule has 3 heterocycles. The number of carbonyl (C=O) groups is 2. The molecule has 31 heavy (non-hydrogen) atoms. The van der Waals surface area contributed by atoms with Crippen LogP contribution in [0.1, 0.15) is 37.6 Å². The van der Waals surface area contributed by atoms with Crippen molar-refractivity contribution in [2.75, 3.05) is 11.9 Å². The van der Waals surface area contributed by atoms with Gasteiger partial charge < -0.3 is 19.9 Å². The molecule has 2 bridgehead atoms. The summed E-state index contributed by atoms with van der Waals surface area (Å²) in [6, 6.07) is 11.7. The fraction of sp³-hybridized carbons (Fsp3) is 0.375. The van der Waals surface area contributed by atoms with Crippen LogP contribution in [0.25, 0.3) is 6.08 Å². The molecule has 7 heteroatoms. The number of allylic oxidation sites excluding steroid dienone is 1. The lowest BCUT2D eigenvalue weighted by Gasteiger charge is -2.38. The molecule has 2 aromatic rings. The van der Waals surface area contributed by atoms with Gasteiger partial charge in [0.25, 0.3) is 5.56 Å². The SMILES string of the molecule is C/C=C/c1ccc2n(c1=O)C[C@@H]1[C@@H](CO)[C@H](C(=O)Nc3ccccc3)[C@H]2N1C(=O)CC. The number of hydrogen-bond donors (Lipinski definition) is 2. The van der Waals surface area contributed by atoms with Crippen LogP contribution in [0.5, 0.6) is 0 Å². The molecule has 0 spiro atoms. The zero-order chi connectivity index (χ0) is 22.1. The summed E-state index contributed by atoms with van der Waals surface area (Å²) < 4.78 is 1.67. The highest BCUT2D eigenvalue weighted by Gasteiger charge is 2.57. The van der Waals surface area contributed by atoms with Gasteiger partial charge in [-0.1, -0.05) is 37.3 Å². The van der Waals surface area contributed by atoms with Crippen LogP contribution in [0.3, 0.4) is 0 Å². The summed E-state index contributed by atoms with van der Waals surface area (Å²) in [6.07, 6.45) is 3.85. The first-order chi connectivity index (χ1) is 15.0. The molecule has 4 atom stereocenters. The monoisotopic (exact) mass is 421 g/mol. The quantitative estimate of drug-likeness (QED) is 0.776. The van der Waals surface area contributed by atoms with Crippen LogP contribution in [0, 0.1) is 11.8 Å². The first-order valence-electron chi connectivity index (χ1n) is 10.7. The number of nitrogens with one attached hydrogen (secondary N) is 1. The average Bonchev–Trinajstić information content (AvgIpc) is 3.02. The van der Waals surface area contributed by atoms with Gasteiger partial charge in [0.15, 0.2) is 0 Å². The molecule has 0 saturated carbocycles. The maximum absolute atomic E-state index is 13.4. The highest BCUT2D eigenvalue weighted by molar-refractivity contribution is 5.94. The number of aliphatic hydroxyl groups excluding tert-OH is 1. The molecule has 1 saturated heterocycles. The normalized spacial score (nSPS) is 24.3. The van der Waals surface area contributed by atoms with E-state index < -0.39 is 23.9 Å². The third kappa shape index (κ3) is 3.49. The van der Waals surface area contributed by atoms with Crippen molar-refractivity contribution in [3.63, 3.8) is 0 Å². The Morgan fingerprint density at radius 1 is 1.19 bits per heavy atom. The van der Waals surface area contributed by atoms with Crippen molar-refractivity contribution in [2.45, 2.75) is 38.9 Å². The van der Waals surface area contributed by atoms with E-state index in [9.17, 15) is 19.5 Å². The number of amides is 2. The number of hydrogen-bond acceptors (Lipinski definition) is 4. The van der Waals surface area contributed by atoms with Crippen molar-refractivity contribution in [3.05, 3.63) is 70.2 Å². The fourth-order valence-electron chi connectivity index (χ4n) is 5.00. The summed E-state index contributed by atoms with van der Waals surface area (Å²) in [5, 5.41) is 13.2. The summed E-state index contributed by atoms with van der Waals surface area (Å²) in [5.41, 5.74) is 1.71. The van der Waals surface area contributed by atoms with Crippen molar-refractivity contribution < 1.29 is 14.7 Å². The number of benzene rings is 1. The molecule has 7 nitrogen and oxygen atoms in total. The number of fused-ring (bicyclic) bond motifs is 4. The molecule has 1 aromatic carbocycles. The molecule has 0 unspecified atom stereocenters. The van der Waals surface area contributed by atoms with E-state index in [0.29, 0.717) is 23.4 Å². The third-order valence-electron chi connectivity index (χ3n) is 6.35. The molecule has 2 aliphatic heterocycles. The number of para-hydroxylation sites is 1. The molecular weight excluding hydrogens is 394 g/mol. The number of aliphatic hydroxyl groups is 1. The van der Waals surface area contributed by atoms with Gasteiger partial charge >= 0.3 is 0 Å². The molecular formula is C24H27N3O4. The molecule has 1 fully saturated rings. The van der Waals surface area contributed by atoms with Crippen molar-refractivity contribution in [1.29, 1.82) is 0 Å². The van der Waals surface area contributed by atoms with E-state index in [2.05, 4.69) is 5.32 Å². The number of rotatable bonds is 5. The minimum Gasteiger partial charge on any atom is -0.396 e. The summed E-state index contributed by atoms with van der Waals surface area (Å²) in [4.78, 5) is 41.1. The summed E-state index contributed by atoms with van der Waals surface area (Å²) in [7, 11) is 0. The summed E-state index contributed by atoms with van der Waals surface area (Å²) >= 11 is 0. The maximum atomic E-state index is 13.4. The first kappa shape index (κ1) is 21.1. The third-order valence-corrected chi connectivity index (χ3v) is 6.35. The minimum atomic E-state index is -0.661. The molecule has 4 rings (SSSR count). The van der Waals surface area contributed by atoms with Gasteiger partial charge in [-0.25, -0.2) is 0 Å². The van der Waals surface area contributed by atoms with Crippen LogP contribution < -0.4 is 10.9 Å². The molecule has 0 aliphatic carbocycles. The van der Waals surface area contributed by atoms with Gasteiger partial charge in [-0.15, -0.1) is 0 Å². The Balaban J connectivity index is 1.82. The van der Waals surface area contributed by atoms with E-state index in [1.54, 1.807) is 46.7 Å². The second-order valence-corrected chi connectivity index (χ2v) is 8.02. The van der Waals surface area contributed by atoms with Gasteiger partial charge in [0.2, 0.25) is 11.8 Å². The van der Waals surface area contributed by atoms with E-state index in [1.807, 2.05) is 31.2 Å². The summed E-state index contributed by atoms with van der Waals surface area (Å²) in [5.74, 6) is -1.47. The van der Waals surface area contributed by atoms with Gasteiger partial charge in [0, 0.05) is 42.4 Å². The molecule has 162 valence electrons. The Labute approximate surface area is 181 Å². The summed E-state index contributed by atoms with van der Waals surface area (Å²) in [6.45, 7) is 3.65. The predicted octanol–water partition coefficient (Wildman–Crippen LogP) is 2.42. The molecule has 0 radical (unpaired) electrons. The van der Waals surface area contributed by atoms with E-state index >= 15 is 0 Å². The maximum Gasteiger partial charge on any atom is 0.258 e. The second-order valence-electron chi connectivity index (χ2n) is 8.02. The van der Waals surface area contributed by atoms with Gasteiger partial charge in [0.1, 0.15) is 0 Å². The van der Waals surface area contributed by atoms with E-state index in [-0.39, 0.29) is 30.5 Å². The first-order valence-corrected chi connectivity index (χ1v) is 10.7. The number of aromatic nitrogens is 1. The van der Waals surface area contributed by atoms with E-state index in [0.717, 1.165) is 0 Å². The smallest absolute Gasteiger partial charge is 0.258 e. The van der Waals surface area contributed by atoms with Crippen LogP contribution in [0.2, 0.25) is 0 Å². The fourth-order valence-corrected chi connectivity index (χ4v) is 5.00.